The van der Waals surface area contributed by atoms with E-state index in [-0.39, 0.29) is 0 Å². The van der Waals surface area contributed by atoms with Crippen molar-refractivity contribution in [2.24, 2.45) is 9.98 Å². The lowest BCUT2D eigenvalue weighted by Crippen LogP contribution is -2.33. The normalized spacial score (nSPS) is 15.0. The van der Waals surface area contributed by atoms with Crippen molar-refractivity contribution in [1.29, 1.82) is 0 Å². The van der Waals surface area contributed by atoms with Crippen LogP contribution in [0.2, 0.25) is 0 Å². The summed E-state index contributed by atoms with van der Waals surface area (Å²) in [6, 6.07) is 50.5. The van der Waals surface area contributed by atoms with Crippen LogP contribution < -0.4 is 14.8 Å². The quantitative estimate of drug-likeness (QED) is 0.201. The molecule has 1 unspecified atom stereocenters. The predicted molar refractivity (Wildman–Crippen MR) is 205 cm³/mol. The molecule has 1 atom stereocenters. The first-order valence-electron chi connectivity index (χ1n) is 17.2. The second kappa shape index (κ2) is 11.2. The molecule has 1 N–H and O–H groups in total. The lowest BCUT2D eigenvalue weighted by molar-refractivity contribution is 0.360. The van der Waals surface area contributed by atoms with Gasteiger partial charge < -0.3 is 23.6 Å². The molecule has 246 valence electrons. The van der Waals surface area contributed by atoms with E-state index in [1.807, 2.05) is 103 Å². The molecule has 4 heterocycles. The molecule has 9 aromatic rings. The third kappa shape index (κ3) is 4.46. The van der Waals surface area contributed by atoms with Gasteiger partial charge in [0.2, 0.25) is 0 Å². The van der Waals surface area contributed by atoms with Gasteiger partial charge >= 0.3 is 0 Å². The molecule has 0 radical (unpaired) electrons. The number of nitrogens with one attached hydrogen (secondary N) is 1. The van der Waals surface area contributed by atoms with E-state index >= 15 is 0 Å². The number of hydrogen-bond donors (Lipinski definition) is 1. The molecule has 52 heavy (non-hydrogen) atoms. The van der Waals surface area contributed by atoms with E-state index in [0.717, 1.165) is 71.9 Å². The molecule has 0 aliphatic carbocycles. The number of aliphatic imine (C=N–C) groups is 2. The number of fused-ring (bicyclic) bond motifs is 8. The second-order valence-electron chi connectivity index (χ2n) is 12.9. The maximum absolute atomic E-state index is 6.85. The highest BCUT2D eigenvalue weighted by Crippen LogP contribution is 2.47. The Hall–Kier alpha value is -7.12. The minimum Gasteiger partial charge on any atom is -0.456 e. The zero-order valence-corrected chi connectivity index (χ0v) is 27.5. The van der Waals surface area contributed by atoms with Gasteiger partial charge in [0.25, 0.3) is 0 Å². The smallest absolute Gasteiger partial charge is 0.170 e. The first kappa shape index (κ1) is 28.7. The Morgan fingerprint density at radius 3 is 1.92 bits per heavy atom. The summed E-state index contributed by atoms with van der Waals surface area (Å²) in [5, 5.41) is 7.71. The second-order valence-corrected chi connectivity index (χ2v) is 12.9. The monoisotopic (exact) mass is 673 g/mol. The molecule has 0 saturated heterocycles. The molecule has 0 amide bonds. The number of amidine groups is 2. The molecule has 7 nitrogen and oxygen atoms in total. The number of hydrogen-bond acceptors (Lipinski definition) is 7. The van der Waals surface area contributed by atoms with Crippen LogP contribution in [0.1, 0.15) is 22.9 Å². The summed E-state index contributed by atoms with van der Waals surface area (Å²) in [5.41, 5.74) is 7.71. The van der Waals surface area contributed by atoms with E-state index in [0.29, 0.717) is 34.4 Å². The van der Waals surface area contributed by atoms with Gasteiger partial charge in [0.15, 0.2) is 35.0 Å². The minimum atomic E-state index is -0.468. The van der Waals surface area contributed by atoms with Crippen molar-refractivity contribution in [1.82, 2.24) is 5.32 Å². The lowest BCUT2D eigenvalue weighted by atomic mass is 10.0. The number of nitrogens with zero attached hydrogens (tertiary/aromatic N) is 2. The summed E-state index contributed by atoms with van der Waals surface area (Å²) in [5.74, 6) is 4.00. The topological polar surface area (TPSA) is 81.5 Å². The largest absolute Gasteiger partial charge is 0.456 e. The average Bonchev–Trinajstić information content (AvgIpc) is 3.79. The summed E-state index contributed by atoms with van der Waals surface area (Å²) >= 11 is 0. The van der Waals surface area contributed by atoms with Gasteiger partial charge in [0, 0.05) is 38.2 Å². The number of benzene rings is 7. The maximum Gasteiger partial charge on any atom is 0.170 e. The van der Waals surface area contributed by atoms with E-state index in [2.05, 4.69) is 53.8 Å². The van der Waals surface area contributed by atoms with Gasteiger partial charge in [-0.15, -0.1) is 0 Å². The first-order valence-corrected chi connectivity index (χ1v) is 17.2. The highest BCUT2D eigenvalue weighted by Gasteiger charge is 2.27. The molecule has 2 aliphatic heterocycles. The fourth-order valence-corrected chi connectivity index (χ4v) is 7.38. The molecule has 2 aromatic heterocycles. The highest BCUT2D eigenvalue weighted by molar-refractivity contribution is 6.20. The highest BCUT2D eigenvalue weighted by atomic mass is 16.6. The standard InChI is InChI=1S/C45H27N3O4/c1-2-11-26(12-3-1)43-46-44(33-18-9-15-30-29-13-4-5-20-35(29)51-41(30)33)48-45(47-43)34-19-10-17-32-31-16-8-14-28(40(31)52-42(32)34)27-23-24-38-39(25-27)50-37-22-7-6-21-36(37)49-38/h1-25,44H,(H,46,47,48). The van der Waals surface area contributed by atoms with Gasteiger partial charge in [-0.1, -0.05) is 115 Å². The summed E-state index contributed by atoms with van der Waals surface area (Å²) in [4.78, 5) is 10.4. The number of rotatable bonds is 4. The summed E-state index contributed by atoms with van der Waals surface area (Å²) in [6.07, 6.45) is -0.468. The average molecular weight is 674 g/mol. The number of furan rings is 2. The third-order valence-corrected chi connectivity index (χ3v) is 9.83. The van der Waals surface area contributed by atoms with Crippen molar-refractivity contribution >= 4 is 55.5 Å². The Labute approximate surface area is 297 Å². The Kier molecular flexibility index (Phi) is 6.18. The predicted octanol–water partition coefficient (Wildman–Crippen LogP) is 11.5. The Morgan fingerprint density at radius 2 is 1.10 bits per heavy atom. The van der Waals surface area contributed by atoms with Crippen LogP contribution in [0.25, 0.3) is 55.0 Å². The van der Waals surface area contributed by atoms with Crippen molar-refractivity contribution in [3.8, 4) is 34.1 Å². The molecule has 0 saturated carbocycles. The number of ether oxygens (including phenoxy) is 2. The Balaban J connectivity index is 1.07. The maximum atomic E-state index is 6.85. The first-order chi connectivity index (χ1) is 25.7. The molecular weight excluding hydrogens is 647 g/mol. The van der Waals surface area contributed by atoms with Crippen LogP contribution >= 0.6 is 0 Å². The fraction of sp³-hybridized carbons (Fsp3) is 0.0222. The molecule has 0 spiro atoms. The molecule has 11 rings (SSSR count). The van der Waals surface area contributed by atoms with E-state index < -0.39 is 6.17 Å². The zero-order chi connectivity index (χ0) is 34.2. The molecule has 7 heteroatoms. The molecule has 7 aromatic carbocycles. The van der Waals surface area contributed by atoms with Crippen molar-refractivity contribution < 1.29 is 18.3 Å². The summed E-state index contributed by atoms with van der Waals surface area (Å²) in [6.45, 7) is 0. The number of para-hydroxylation sites is 6. The van der Waals surface area contributed by atoms with Crippen LogP contribution in [0.5, 0.6) is 23.0 Å². The SMILES string of the molecule is c1ccc(C2=NC(c3cccc4c3oc3c(-c5ccc6c(c5)Oc5ccccc5O6)cccc34)=NC(c3cccc4c3oc3ccccc34)N2)cc1. The van der Waals surface area contributed by atoms with Crippen LogP contribution in [-0.4, -0.2) is 11.7 Å². The van der Waals surface area contributed by atoms with Crippen molar-refractivity contribution in [3.05, 3.63) is 168 Å². The van der Waals surface area contributed by atoms with Crippen LogP contribution in [-0.2, 0) is 0 Å². The van der Waals surface area contributed by atoms with Gasteiger partial charge in [-0.2, -0.15) is 0 Å². The fourth-order valence-electron chi connectivity index (χ4n) is 7.38. The molecule has 0 bridgehead atoms. The van der Waals surface area contributed by atoms with Gasteiger partial charge in [-0.05, 0) is 42.0 Å². The summed E-state index contributed by atoms with van der Waals surface area (Å²) in [7, 11) is 0. The van der Waals surface area contributed by atoms with E-state index in [4.69, 9.17) is 28.3 Å². The zero-order valence-electron chi connectivity index (χ0n) is 27.5. The van der Waals surface area contributed by atoms with Crippen LogP contribution in [0.3, 0.4) is 0 Å². The van der Waals surface area contributed by atoms with Crippen molar-refractivity contribution in [2.75, 3.05) is 0 Å². The Bertz CT molecular complexity index is 2960. The molecular formula is C45H27N3O4. The van der Waals surface area contributed by atoms with Crippen molar-refractivity contribution in [3.63, 3.8) is 0 Å². The van der Waals surface area contributed by atoms with Gasteiger partial charge in [0.05, 0.1) is 5.56 Å². The summed E-state index contributed by atoms with van der Waals surface area (Å²) < 4.78 is 25.7. The lowest BCUT2D eigenvalue weighted by Gasteiger charge is -2.23. The van der Waals surface area contributed by atoms with E-state index in [1.54, 1.807) is 0 Å². The Morgan fingerprint density at radius 1 is 0.462 bits per heavy atom. The van der Waals surface area contributed by atoms with E-state index in [1.165, 1.54) is 0 Å². The van der Waals surface area contributed by atoms with Gasteiger partial charge in [0.1, 0.15) is 28.2 Å². The van der Waals surface area contributed by atoms with E-state index in [9.17, 15) is 0 Å². The van der Waals surface area contributed by atoms with Gasteiger partial charge in [-0.3, -0.25) is 0 Å². The van der Waals surface area contributed by atoms with Gasteiger partial charge in [-0.25, -0.2) is 9.98 Å². The minimum absolute atomic E-state index is 0.468. The third-order valence-electron chi connectivity index (χ3n) is 9.83. The van der Waals surface area contributed by atoms with Crippen LogP contribution in [0, 0.1) is 0 Å². The van der Waals surface area contributed by atoms with Crippen LogP contribution in [0.15, 0.2) is 170 Å². The molecule has 0 fully saturated rings. The molecule has 2 aliphatic rings. The van der Waals surface area contributed by atoms with Crippen molar-refractivity contribution in [2.45, 2.75) is 6.17 Å². The van der Waals surface area contributed by atoms with Crippen LogP contribution in [0.4, 0.5) is 0 Å².